The highest BCUT2D eigenvalue weighted by Gasteiger charge is 2.23. The van der Waals surface area contributed by atoms with Gasteiger partial charge in [0.1, 0.15) is 5.82 Å². The predicted molar refractivity (Wildman–Crippen MR) is 97.5 cm³/mol. The van der Waals surface area contributed by atoms with Gasteiger partial charge in [0.15, 0.2) is 4.96 Å². The monoisotopic (exact) mass is 343 g/mol. The van der Waals surface area contributed by atoms with Crippen LogP contribution in [0.25, 0.3) is 4.96 Å². The molecule has 0 saturated carbocycles. The highest BCUT2D eigenvalue weighted by molar-refractivity contribution is 7.17. The number of imidazole rings is 2. The largest absolute Gasteiger partial charge is 0.338 e. The Morgan fingerprint density at radius 1 is 1.33 bits per heavy atom. The van der Waals surface area contributed by atoms with Gasteiger partial charge in [0.25, 0.3) is 0 Å². The molecule has 1 aliphatic rings. The topological polar surface area (TPSA) is 38.4 Å². The third-order valence-electron chi connectivity index (χ3n) is 5.11. The Morgan fingerprint density at radius 2 is 2.21 bits per heavy atom. The van der Waals surface area contributed by atoms with Gasteiger partial charge in [-0.05, 0) is 39.2 Å². The number of hydrogen-bond donors (Lipinski definition) is 0. The lowest BCUT2D eigenvalue weighted by Gasteiger charge is -2.32. The summed E-state index contributed by atoms with van der Waals surface area (Å²) in [5.74, 6) is 1.91. The first-order valence-corrected chi connectivity index (χ1v) is 9.54. The summed E-state index contributed by atoms with van der Waals surface area (Å²) in [6, 6.07) is 0. The summed E-state index contributed by atoms with van der Waals surface area (Å²) in [7, 11) is 2.09. The lowest BCUT2D eigenvalue weighted by atomic mass is 9.94. The Kier molecular flexibility index (Phi) is 4.18. The number of rotatable bonds is 4. The lowest BCUT2D eigenvalue weighted by Crippen LogP contribution is -2.36. The van der Waals surface area contributed by atoms with Crippen LogP contribution in [0.15, 0.2) is 18.6 Å². The second-order valence-electron chi connectivity index (χ2n) is 7.04. The van der Waals surface area contributed by atoms with E-state index in [9.17, 15) is 0 Å². The number of piperidine rings is 1. The van der Waals surface area contributed by atoms with Crippen molar-refractivity contribution in [2.75, 3.05) is 13.1 Å². The summed E-state index contributed by atoms with van der Waals surface area (Å²) in [5.41, 5.74) is 2.53. The minimum Gasteiger partial charge on any atom is -0.338 e. The molecule has 24 heavy (non-hydrogen) atoms. The van der Waals surface area contributed by atoms with Crippen molar-refractivity contribution in [1.29, 1.82) is 0 Å². The molecule has 1 unspecified atom stereocenters. The molecule has 1 fully saturated rings. The molecule has 4 rings (SSSR count). The molecule has 128 valence electrons. The first-order valence-electron chi connectivity index (χ1n) is 8.72. The molecule has 0 N–H and O–H groups in total. The third-order valence-corrected chi connectivity index (χ3v) is 6.01. The molecule has 0 bridgehead atoms. The van der Waals surface area contributed by atoms with Crippen molar-refractivity contribution in [2.45, 2.75) is 39.7 Å². The number of nitrogens with zero attached hydrogens (tertiary/aromatic N) is 5. The molecule has 0 aliphatic carbocycles. The smallest absolute Gasteiger partial charge is 0.194 e. The fraction of sp³-hybridized carbons (Fsp3) is 0.556. The van der Waals surface area contributed by atoms with Crippen molar-refractivity contribution in [1.82, 2.24) is 23.8 Å². The van der Waals surface area contributed by atoms with Crippen LogP contribution < -0.4 is 0 Å². The van der Waals surface area contributed by atoms with Gasteiger partial charge < -0.3 is 4.57 Å². The summed E-state index contributed by atoms with van der Waals surface area (Å²) < 4.78 is 4.44. The van der Waals surface area contributed by atoms with E-state index in [1.807, 2.05) is 12.4 Å². The van der Waals surface area contributed by atoms with Crippen molar-refractivity contribution in [2.24, 2.45) is 13.0 Å². The Balaban J connectivity index is 1.48. The Hall–Kier alpha value is -1.66. The summed E-state index contributed by atoms with van der Waals surface area (Å²) in [6.45, 7) is 7.64. The fourth-order valence-corrected chi connectivity index (χ4v) is 4.71. The van der Waals surface area contributed by atoms with Crippen LogP contribution in [0.5, 0.6) is 0 Å². The van der Waals surface area contributed by atoms with Crippen LogP contribution in [0.3, 0.4) is 0 Å². The number of thiazole rings is 1. The zero-order valence-electron chi connectivity index (χ0n) is 14.7. The summed E-state index contributed by atoms with van der Waals surface area (Å²) in [6.07, 6.45) is 9.84. The van der Waals surface area contributed by atoms with E-state index < -0.39 is 0 Å². The average Bonchev–Trinajstić information content (AvgIpc) is 3.18. The van der Waals surface area contributed by atoms with Crippen LogP contribution in [0.1, 0.15) is 34.9 Å². The molecule has 1 saturated heterocycles. The number of hydrogen-bond acceptors (Lipinski definition) is 4. The lowest BCUT2D eigenvalue weighted by molar-refractivity contribution is 0.163. The molecule has 1 atom stereocenters. The SMILES string of the molecule is Cc1cn2c(CN3CCCC(Cc4nccn4C)C3)c(C)nc2s1. The van der Waals surface area contributed by atoms with Gasteiger partial charge in [-0.1, -0.05) is 0 Å². The van der Waals surface area contributed by atoms with Crippen LogP contribution in [0, 0.1) is 19.8 Å². The maximum atomic E-state index is 4.73. The zero-order chi connectivity index (χ0) is 16.7. The molecule has 0 spiro atoms. The highest BCUT2D eigenvalue weighted by atomic mass is 32.1. The highest BCUT2D eigenvalue weighted by Crippen LogP contribution is 2.25. The van der Waals surface area contributed by atoms with E-state index in [-0.39, 0.29) is 0 Å². The van der Waals surface area contributed by atoms with Crippen LogP contribution in [0.2, 0.25) is 0 Å². The van der Waals surface area contributed by atoms with E-state index in [0.717, 1.165) is 24.5 Å². The van der Waals surface area contributed by atoms with Crippen LogP contribution in [-0.2, 0) is 20.0 Å². The van der Waals surface area contributed by atoms with Gasteiger partial charge in [-0.2, -0.15) is 0 Å². The first-order chi connectivity index (χ1) is 11.6. The van der Waals surface area contributed by atoms with Gasteiger partial charge in [-0.3, -0.25) is 9.30 Å². The van der Waals surface area contributed by atoms with Gasteiger partial charge in [0.05, 0.1) is 11.4 Å². The third kappa shape index (κ3) is 3.00. The second-order valence-corrected chi connectivity index (χ2v) is 8.25. The van der Waals surface area contributed by atoms with Gasteiger partial charge in [-0.15, -0.1) is 11.3 Å². The quantitative estimate of drug-likeness (QED) is 0.730. The summed E-state index contributed by atoms with van der Waals surface area (Å²) in [4.78, 5) is 14.3. The number of likely N-dealkylation sites (tertiary alicyclic amines) is 1. The van der Waals surface area contributed by atoms with Crippen molar-refractivity contribution in [3.05, 3.63) is 40.7 Å². The van der Waals surface area contributed by atoms with Crippen LogP contribution >= 0.6 is 11.3 Å². The number of fused-ring (bicyclic) bond motifs is 1. The van der Waals surface area contributed by atoms with Crippen molar-refractivity contribution in [3.63, 3.8) is 0 Å². The molecule has 0 radical (unpaired) electrons. The molecule has 1 aliphatic heterocycles. The van der Waals surface area contributed by atoms with E-state index in [0.29, 0.717) is 5.92 Å². The molecule has 4 heterocycles. The van der Waals surface area contributed by atoms with E-state index in [4.69, 9.17) is 4.98 Å². The van der Waals surface area contributed by atoms with Gasteiger partial charge in [0, 0.05) is 50.0 Å². The van der Waals surface area contributed by atoms with E-state index in [2.05, 4.69) is 45.9 Å². The van der Waals surface area contributed by atoms with Crippen LogP contribution in [-0.4, -0.2) is 36.9 Å². The average molecular weight is 344 g/mol. The summed E-state index contributed by atoms with van der Waals surface area (Å²) in [5, 5.41) is 0. The predicted octanol–water partition coefficient (Wildman–Crippen LogP) is 3.20. The Morgan fingerprint density at radius 3 is 3.00 bits per heavy atom. The van der Waals surface area contributed by atoms with Gasteiger partial charge >= 0.3 is 0 Å². The van der Waals surface area contributed by atoms with E-state index in [1.165, 1.54) is 41.5 Å². The maximum Gasteiger partial charge on any atom is 0.194 e. The molecule has 3 aromatic heterocycles. The summed E-state index contributed by atoms with van der Waals surface area (Å²) >= 11 is 1.78. The van der Waals surface area contributed by atoms with Crippen molar-refractivity contribution >= 4 is 16.3 Å². The number of aryl methyl sites for hydroxylation is 3. The van der Waals surface area contributed by atoms with Gasteiger partial charge in [-0.25, -0.2) is 9.97 Å². The molecule has 6 heteroatoms. The van der Waals surface area contributed by atoms with Crippen LogP contribution in [0.4, 0.5) is 0 Å². The minimum absolute atomic E-state index is 0.702. The first kappa shape index (κ1) is 15.8. The number of aromatic nitrogens is 4. The van der Waals surface area contributed by atoms with E-state index >= 15 is 0 Å². The Bertz CT molecular complexity index is 843. The molecular weight excluding hydrogens is 318 g/mol. The maximum absolute atomic E-state index is 4.73. The standard InChI is InChI=1S/C18H25N5S/c1-13-10-23-16(14(2)20-18(23)24-13)12-22-7-4-5-15(11-22)9-17-19-6-8-21(17)3/h6,8,10,15H,4-5,7,9,11-12H2,1-3H3. The van der Waals surface area contributed by atoms with Gasteiger partial charge in [0.2, 0.25) is 0 Å². The molecule has 3 aromatic rings. The normalized spacial score (nSPS) is 19.4. The fourth-order valence-electron chi connectivity index (χ4n) is 3.82. The van der Waals surface area contributed by atoms with E-state index in [1.54, 1.807) is 11.3 Å². The Labute approximate surface area is 147 Å². The second kappa shape index (κ2) is 6.33. The molecular formula is C18H25N5S. The van der Waals surface area contributed by atoms with Crippen molar-refractivity contribution in [3.8, 4) is 0 Å². The minimum atomic E-state index is 0.702. The molecule has 0 amide bonds. The zero-order valence-corrected chi connectivity index (χ0v) is 15.5. The molecule has 0 aromatic carbocycles. The van der Waals surface area contributed by atoms with Crippen molar-refractivity contribution < 1.29 is 0 Å². The molecule has 5 nitrogen and oxygen atoms in total.